The monoisotopic (exact) mass is 475 g/mol. The Bertz CT molecular complexity index is 1610. The minimum absolute atomic E-state index is 0.0729. The third kappa shape index (κ3) is 3.31. The molecule has 0 aliphatic carbocycles. The molecule has 8 heteroatoms. The second-order valence-electron chi connectivity index (χ2n) is 9.80. The van der Waals surface area contributed by atoms with Crippen LogP contribution in [-0.4, -0.2) is 32.5 Å². The first-order valence-electron chi connectivity index (χ1n) is 11.5. The number of hydrogen-bond acceptors (Lipinski definition) is 5. The van der Waals surface area contributed by atoms with Crippen molar-refractivity contribution >= 4 is 10.9 Å². The van der Waals surface area contributed by atoms with E-state index in [1.54, 1.807) is 19.2 Å². The molecule has 4 aromatic rings. The molecular weight excluding hydrogens is 446 g/mol. The predicted octanol–water partition coefficient (Wildman–Crippen LogP) is 3.58. The highest BCUT2D eigenvalue weighted by molar-refractivity contribution is 5.97. The van der Waals surface area contributed by atoms with Crippen molar-refractivity contribution in [2.24, 2.45) is 14.1 Å². The number of aromatic hydroxyl groups is 1. The minimum atomic E-state index is -0.627. The Labute approximate surface area is 202 Å². The van der Waals surface area contributed by atoms with E-state index in [2.05, 4.69) is 18.4 Å². The van der Waals surface area contributed by atoms with Gasteiger partial charge in [-0.15, -0.1) is 0 Å². The zero-order chi connectivity index (χ0) is 25.2. The zero-order valence-corrected chi connectivity index (χ0v) is 20.7. The van der Waals surface area contributed by atoms with Gasteiger partial charge in [0.1, 0.15) is 17.6 Å². The van der Waals surface area contributed by atoms with Crippen molar-refractivity contribution in [3.63, 3.8) is 0 Å². The third-order valence-corrected chi connectivity index (χ3v) is 6.86. The van der Waals surface area contributed by atoms with E-state index in [9.17, 15) is 14.7 Å². The molecule has 1 N–H and O–H groups in total. The Kier molecular flexibility index (Phi) is 5.18. The lowest BCUT2D eigenvalue weighted by atomic mass is 9.97. The maximum absolute atomic E-state index is 13.7. The molecule has 35 heavy (non-hydrogen) atoms. The van der Waals surface area contributed by atoms with Crippen LogP contribution in [0.1, 0.15) is 36.8 Å². The molecule has 3 heterocycles. The first-order chi connectivity index (χ1) is 16.6. The van der Waals surface area contributed by atoms with E-state index in [1.807, 2.05) is 31.2 Å². The first-order valence-corrected chi connectivity index (χ1v) is 11.5. The summed E-state index contributed by atoms with van der Waals surface area (Å²) < 4.78 is 16.8. The second kappa shape index (κ2) is 7.88. The van der Waals surface area contributed by atoms with E-state index in [1.165, 1.54) is 24.8 Å². The fourth-order valence-electron chi connectivity index (χ4n) is 5.22. The summed E-state index contributed by atoms with van der Waals surface area (Å²) in [6.07, 6.45) is -0.627. The van der Waals surface area contributed by atoms with E-state index >= 15 is 0 Å². The van der Waals surface area contributed by atoms with Crippen LogP contribution < -0.4 is 16.0 Å². The van der Waals surface area contributed by atoms with E-state index in [0.717, 1.165) is 21.4 Å². The van der Waals surface area contributed by atoms with Gasteiger partial charge >= 0.3 is 5.69 Å². The number of aromatic nitrogens is 3. The maximum Gasteiger partial charge on any atom is 0.331 e. The van der Waals surface area contributed by atoms with E-state index < -0.39 is 17.3 Å². The lowest BCUT2D eigenvalue weighted by Gasteiger charge is -2.39. The fraction of sp³-hybridized carbons (Fsp3) is 0.333. The van der Waals surface area contributed by atoms with Gasteiger partial charge in [0.15, 0.2) is 0 Å². The molecule has 0 amide bonds. The Balaban J connectivity index is 2.01. The summed E-state index contributed by atoms with van der Waals surface area (Å²) in [5.41, 5.74) is 3.36. The summed E-state index contributed by atoms with van der Waals surface area (Å²) in [5, 5.41) is 10.5. The smallest absolute Gasteiger partial charge is 0.331 e. The molecule has 1 aliphatic rings. The van der Waals surface area contributed by atoms with Crippen molar-refractivity contribution in [3.05, 3.63) is 80.1 Å². The summed E-state index contributed by atoms with van der Waals surface area (Å²) in [6.45, 7) is 6.49. The van der Waals surface area contributed by atoms with Gasteiger partial charge in [0.05, 0.1) is 41.5 Å². The average Bonchev–Trinajstić information content (AvgIpc) is 3.19. The highest BCUT2D eigenvalue weighted by atomic mass is 16.5. The van der Waals surface area contributed by atoms with Crippen LogP contribution in [0.25, 0.3) is 22.2 Å². The van der Waals surface area contributed by atoms with Crippen molar-refractivity contribution in [2.45, 2.75) is 32.4 Å². The Morgan fingerprint density at radius 3 is 2.51 bits per heavy atom. The van der Waals surface area contributed by atoms with Crippen LogP contribution in [0.2, 0.25) is 0 Å². The molecule has 182 valence electrons. The summed E-state index contributed by atoms with van der Waals surface area (Å²) >= 11 is 0. The molecule has 0 unspecified atom stereocenters. The number of fused-ring (bicyclic) bond motifs is 3. The van der Waals surface area contributed by atoms with E-state index in [4.69, 9.17) is 9.47 Å². The molecule has 2 aromatic heterocycles. The van der Waals surface area contributed by atoms with Gasteiger partial charge in [0.2, 0.25) is 0 Å². The van der Waals surface area contributed by atoms with Crippen LogP contribution in [0.3, 0.4) is 0 Å². The molecule has 0 bridgehead atoms. The van der Waals surface area contributed by atoms with Gasteiger partial charge in [-0.2, -0.15) is 0 Å². The summed E-state index contributed by atoms with van der Waals surface area (Å²) in [7, 11) is 4.71. The quantitative estimate of drug-likeness (QED) is 0.489. The molecule has 0 radical (unpaired) electrons. The Morgan fingerprint density at radius 2 is 1.83 bits per heavy atom. The molecule has 0 saturated carbocycles. The number of phenols is 1. The average molecular weight is 476 g/mol. The van der Waals surface area contributed by atoms with Crippen LogP contribution in [0.5, 0.6) is 11.5 Å². The normalized spacial score (nSPS) is 16.9. The molecule has 5 rings (SSSR count). The van der Waals surface area contributed by atoms with Crippen molar-refractivity contribution in [3.8, 4) is 22.8 Å². The molecule has 8 nitrogen and oxygen atoms in total. The number of aryl methyl sites for hydroxylation is 2. The summed E-state index contributed by atoms with van der Waals surface area (Å²) in [4.78, 5) is 26.7. The number of nitrogens with zero attached hydrogens (tertiary/aromatic N) is 3. The van der Waals surface area contributed by atoms with Gasteiger partial charge in [-0.05, 0) is 44.5 Å². The Morgan fingerprint density at radius 1 is 1.09 bits per heavy atom. The molecular formula is C27H29N3O5. The van der Waals surface area contributed by atoms with Crippen molar-refractivity contribution in [2.75, 3.05) is 13.7 Å². The van der Waals surface area contributed by atoms with Gasteiger partial charge in [-0.1, -0.05) is 23.8 Å². The summed E-state index contributed by atoms with van der Waals surface area (Å²) in [5.74, 6) is 0.533. The highest BCUT2D eigenvalue weighted by Crippen LogP contribution is 2.47. The van der Waals surface area contributed by atoms with Crippen LogP contribution in [0.4, 0.5) is 0 Å². The van der Waals surface area contributed by atoms with Gasteiger partial charge in [-0.25, -0.2) is 4.79 Å². The molecule has 2 aromatic carbocycles. The zero-order valence-electron chi connectivity index (χ0n) is 20.7. The molecule has 0 spiro atoms. The van der Waals surface area contributed by atoms with Crippen LogP contribution in [0.15, 0.2) is 52.1 Å². The summed E-state index contributed by atoms with van der Waals surface area (Å²) in [6, 6.07) is 12.9. The van der Waals surface area contributed by atoms with E-state index in [0.29, 0.717) is 34.5 Å². The number of benzene rings is 2. The number of methoxy groups -OCH3 is 1. The largest absolute Gasteiger partial charge is 0.508 e. The standard InChI is InChI=1S/C27H29N3O5/c1-15-8-7-9-16(12-15)21-20-22(28(4)26(33)29(5)25(20)32)23-24(35-14-27(2,3)30(21)23)18-11-10-17(31)13-19(18)34-6/h7-13,24,31H,14H2,1-6H3/t24-/m1/s1. The highest BCUT2D eigenvalue weighted by Gasteiger charge is 2.41. The number of hydrogen-bond donors (Lipinski definition) is 1. The SMILES string of the molecule is COc1cc(O)ccc1[C@H]1OCC(C)(C)n2c(-c3cccc(C)c3)c3c(=O)n(C)c(=O)n(C)c3c21. The van der Waals surface area contributed by atoms with Gasteiger partial charge in [-0.3, -0.25) is 13.9 Å². The van der Waals surface area contributed by atoms with Gasteiger partial charge < -0.3 is 19.1 Å². The first kappa shape index (κ1) is 23.0. The van der Waals surface area contributed by atoms with Crippen LogP contribution in [-0.2, 0) is 24.4 Å². The lowest BCUT2D eigenvalue weighted by Crippen LogP contribution is -2.40. The molecule has 0 fully saturated rings. The molecule has 0 saturated heterocycles. The van der Waals surface area contributed by atoms with Gasteiger partial charge in [0, 0.05) is 25.7 Å². The van der Waals surface area contributed by atoms with Crippen molar-refractivity contribution in [1.82, 2.24) is 13.7 Å². The maximum atomic E-state index is 13.7. The minimum Gasteiger partial charge on any atom is -0.508 e. The van der Waals surface area contributed by atoms with Crippen LogP contribution in [0, 0.1) is 6.92 Å². The van der Waals surface area contributed by atoms with Crippen molar-refractivity contribution < 1.29 is 14.6 Å². The predicted molar refractivity (Wildman–Crippen MR) is 134 cm³/mol. The second-order valence-corrected chi connectivity index (χ2v) is 9.80. The van der Waals surface area contributed by atoms with E-state index in [-0.39, 0.29) is 11.3 Å². The topological polar surface area (TPSA) is 87.6 Å². The Hall–Kier alpha value is -3.78. The molecule has 1 aliphatic heterocycles. The third-order valence-electron chi connectivity index (χ3n) is 6.86. The number of rotatable bonds is 3. The number of phenolic OH excluding ortho intramolecular Hbond substituents is 1. The fourth-order valence-corrected chi connectivity index (χ4v) is 5.22. The lowest BCUT2D eigenvalue weighted by molar-refractivity contribution is -0.00801. The molecule has 1 atom stereocenters. The van der Waals surface area contributed by atoms with Crippen LogP contribution >= 0.6 is 0 Å². The van der Waals surface area contributed by atoms with Gasteiger partial charge in [0.25, 0.3) is 5.56 Å². The van der Waals surface area contributed by atoms with Crippen molar-refractivity contribution in [1.29, 1.82) is 0 Å². The number of ether oxygens (including phenoxy) is 2.